The molecule has 1 fully saturated rings. The highest BCUT2D eigenvalue weighted by Crippen LogP contribution is 2.24. The maximum atomic E-state index is 12.5. The lowest BCUT2D eigenvalue weighted by Crippen LogP contribution is -2.44. The van der Waals surface area contributed by atoms with Crippen LogP contribution in [0.1, 0.15) is 45.4 Å². The Labute approximate surface area is 127 Å². The van der Waals surface area contributed by atoms with Crippen LogP contribution in [0.25, 0.3) is 0 Å². The molecule has 0 unspecified atom stereocenters. The molecule has 0 aliphatic heterocycles. The zero-order valence-electron chi connectivity index (χ0n) is 13.1. The Hall–Kier alpha value is -1.71. The maximum absolute atomic E-state index is 12.5. The number of hydrogen-bond donors (Lipinski definition) is 1. The van der Waals surface area contributed by atoms with E-state index in [0.717, 1.165) is 37.2 Å². The number of hydrogen-bond acceptors (Lipinski definition) is 2. The number of amides is 2. The van der Waals surface area contributed by atoms with Crippen molar-refractivity contribution in [2.75, 3.05) is 19.0 Å². The molecule has 2 amide bonds. The Morgan fingerprint density at radius 3 is 2.48 bits per heavy atom. The Kier molecular flexibility index (Phi) is 5.90. The molecule has 0 spiro atoms. The average molecular weight is 290 g/mol. The molecule has 4 nitrogen and oxygen atoms in total. The van der Waals surface area contributed by atoms with E-state index in [9.17, 15) is 4.79 Å². The highest BCUT2D eigenvalue weighted by atomic mass is 16.5. The van der Waals surface area contributed by atoms with Crippen molar-refractivity contribution in [1.29, 1.82) is 0 Å². The lowest BCUT2D eigenvalue weighted by Gasteiger charge is -2.34. The summed E-state index contributed by atoms with van der Waals surface area (Å²) in [4.78, 5) is 14.6. The number of anilines is 1. The third kappa shape index (κ3) is 4.38. The molecule has 21 heavy (non-hydrogen) atoms. The Bertz CT molecular complexity index is 439. The molecule has 2 rings (SSSR count). The van der Waals surface area contributed by atoms with Crippen molar-refractivity contribution in [3.63, 3.8) is 0 Å². The van der Waals surface area contributed by atoms with Crippen molar-refractivity contribution >= 4 is 11.7 Å². The fourth-order valence-corrected chi connectivity index (χ4v) is 2.95. The Morgan fingerprint density at radius 2 is 1.90 bits per heavy atom. The standard InChI is InChI=1S/C17H26N2O2/c1-3-13-19(15-7-5-4-6-8-15)17(20)18-14-9-11-16(21-2)12-10-14/h9-12,15H,3-8,13H2,1-2H3,(H,18,20). The number of benzene rings is 1. The number of nitrogens with one attached hydrogen (secondary N) is 1. The highest BCUT2D eigenvalue weighted by molar-refractivity contribution is 5.89. The number of carbonyl (C=O) groups excluding carboxylic acids is 1. The number of carbonyl (C=O) groups is 1. The van der Waals surface area contributed by atoms with Gasteiger partial charge in [0.15, 0.2) is 0 Å². The van der Waals surface area contributed by atoms with Crippen LogP contribution in [0.4, 0.5) is 10.5 Å². The van der Waals surface area contributed by atoms with Crippen molar-refractivity contribution in [3.8, 4) is 5.75 Å². The lowest BCUT2D eigenvalue weighted by atomic mass is 9.94. The number of nitrogens with zero attached hydrogens (tertiary/aromatic N) is 1. The van der Waals surface area contributed by atoms with Gasteiger partial charge in [-0.05, 0) is 43.5 Å². The minimum Gasteiger partial charge on any atom is -0.497 e. The molecule has 1 aliphatic rings. The second kappa shape index (κ2) is 7.91. The summed E-state index contributed by atoms with van der Waals surface area (Å²) in [6.07, 6.45) is 7.04. The van der Waals surface area contributed by atoms with E-state index in [2.05, 4.69) is 12.2 Å². The largest absolute Gasteiger partial charge is 0.497 e. The molecule has 116 valence electrons. The number of ether oxygens (including phenoxy) is 1. The van der Waals surface area contributed by atoms with Crippen molar-refractivity contribution < 1.29 is 9.53 Å². The molecule has 1 aromatic carbocycles. The van der Waals surface area contributed by atoms with Crippen LogP contribution in [0, 0.1) is 0 Å². The third-order valence-electron chi connectivity index (χ3n) is 4.08. The monoisotopic (exact) mass is 290 g/mol. The van der Waals surface area contributed by atoms with E-state index >= 15 is 0 Å². The first-order chi connectivity index (χ1) is 10.2. The fraction of sp³-hybridized carbons (Fsp3) is 0.588. The second-order valence-electron chi connectivity index (χ2n) is 5.64. The van der Waals surface area contributed by atoms with Crippen LogP contribution in [-0.2, 0) is 0 Å². The molecular weight excluding hydrogens is 264 g/mol. The molecule has 1 N–H and O–H groups in total. The fourth-order valence-electron chi connectivity index (χ4n) is 2.95. The van der Waals surface area contributed by atoms with E-state index in [1.807, 2.05) is 29.2 Å². The van der Waals surface area contributed by atoms with Gasteiger partial charge in [-0.3, -0.25) is 0 Å². The van der Waals surface area contributed by atoms with E-state index in [-0.39, 0.29) is 6.03 Å². The van der Waals surface area contributed by atoms with Gasteiger partial charge in [0.1, 0.15) is 5.75 Å². The molecule has 0 saturated heterocycles. The molecule has 1 aromatic rings. The second-order valence-corrected chi connectivity index (χ2v) is 5.64. The van der Waals surface area contributed by atoms with E-state index in [1.54, 1.807) is 7.11 Å². The Morgan fingerprint density at radius 1 is 1.24 bits per heavy atom. The molecule has 0 heterocycles. The smallest absolute Gasteiger partial charge is 0.322 e. The van der Waals surface area contributed by atoms with Crippen molar-refractivity contribution in [2.24, 2.45) is 0 Å². The Balaban J connectivity index is 1.99. The van der Waals surface area contributed by atoms with E-state index < -0.39 is 0 Å². The highest BCUT2D eigenvalue weighted by Gasteiger charge is 2.24. The van der Waals surface area contributed by atoms with Gasteiger partial charge in [0, 0.05) is 18.3 Å². The number of rotatable bonds is 5. The molecule has 0 radical (unpaired) electrons. The predicted molar refractivity (Wildman–Crippen MR) is 85.9 cm³/mol. The zero-order chi connectivity index (χ0) is 15.1. The maximum Gasteiger partial charge on any atom is 0.322 e. The molecule has 1 saturated carbocycles. The molecule has 0 atom stereocenters. The average Bonchev–Trinajstić information content (AvgIpc) is 2.54. The number of urea groups is 1. The predicted octanol–water partition coefficient (Wildman–Crippen LogP) is 4.27. The van der Waals surface area contributed by atoms with Crippen LogP contribution in [0.3, 0.4) is 0 Å². The minimum absolute atomic E-state index is 0.0221. The molecule has 0 bridgehead atoms. The van der Waals surface area contributed by atoms with Gasteiger partial charge in [-0.25, -0.2) is 4.79 Å². The first kappa shape index (κ1) is 15.7. The van der Waals surface area contributed by atoms with Crippen molar-refractivity contribution in [2.45, 2.75) is 51.5 Å². The first-order valence-corrected chi connectivity index (χ1v) is 7.96. The normalized spacial score (nSPS) is 15.5. The van der Waals surface area contributed by atoms with Gasteiger partial charge in [-0.1, -0.05) is 26.2 Å². The van der Waals surface area contributed by atoms with Gasteiger partial charge in [0.05, 0.1) is 7.11 Å². The summed E-state index contributed by atoms with van der Waals surface area (Å²) in [5.41, 5.74) is 0.817. The topological polar surface area (TPSA) is 41.6 Å². The van der Waals surface area contributed by atoms with Crippen LogP contribution in [0.2, 0.25) is 0 Å². The zero-order valence-corrected chi connectivity index (χ0v) is 13.1. The first-order valence-electron chi connectivity index (χ1n) is 7.96. The van der Waals surface area contributed by atoms with Crippen LogP contribution in [0.5, 0.6) is 5.75 Å². The summed E-state index contributed by atoms with van der Waals surface area (Å²) in [5, 5.41) is 3.01. The van der Waals surface area contributed by atoms with Crippen LogP contribution >= 0.6 is 0 Å². The lowest BCUT2D eigenvalue weighted by molar-refractivity contribution is 0.167. The van der Waals surface area contributed by atoms with E-state index in [4.69, 9.17) is 4.74 Å². The molecular formula is C17H26N2O2. The molecule has 4 heteroatoms. The van der Waals surface area contributed by atoms with Gasteiger partial charge in [-0.2, -0.15) is 0 Å². The third-order valence-corrected chi connectivity index (χ3v) is 4.08. The van der Waals surface area contributed by atoms with Gasteiger partial charge in [-0.15, -0.1) is 0 Å². The summed E-state index contributed by atoms with van der Waals surface area (Å²) in [5.74, 6) is 0.797. The number of methoxy groups -OCH3 is 1. The van der Waals surface area contributed by atoms with Crippen LogP contribution in [0.15, 0.2) is 24.3 Å². The summed E-state index contributed by atoms with van der Waals surface area (Å²) in [6.45, 7) is 2.95. The molecule has 1 aliphatic carbocycles. The van der Waals surface area contributed by atoms with Gasteiger partial charge >= 0.3 is 6.03 Å². The summed E-state index contributed by atoms with van der Waals surface area (Å²) < 4.78 is 5.13. The van der Waals surface area contributed by atoms with E-state index in [1.165, 1.54) is 19.3 Å². The summed E-state index contributed by atoms with van der Waals surface area (Å²) in [6, 6.07) is 7.90. The molecule has 0 aromatic heterocycles. The van der Waals surface area contributed by atoms with Crippen molar-refractivity contribution in [3.05, 3.63) is 24.3 Å². The summed E-state index contributed by atoms with van der Waals surface area (Å²) in [7, 11) is 1.64. The van der Waals surface area contributed by atoms with Crippen LogP contribution < -0.4 is 10.1 Å². The quantitative estimate of drug-likeness (QED) is 0.879. The SMILES string of the molecule is CCCN(C(=O)Nc1ccc(OC)cc1)C1CCCCC1. The van der Waals surface area contributed by atoms with Gasteiger partial charge in [0.2, 0.25) is 0 Å². The minimum atomic E-state index is 0.0221. The van der Waals surface area contributed by atoms with Crippen molar-refractivity contribution in [1.82, 2.24) is 4.90 Å². The summed E-state index contributed by atoms with van der Waals surface area (Å²) >= 11 is 0. The van der Waals surface area contributed by atoms with Gasteiger partial charge in [0.25, 0.3) is 0 Å². The van der Waals surface area contributed by atoms with Gasteiger partial charge < -0.3 is 15.0 Å². The van der Waals surface area contributed by atoms with Crippen LogP contribution in [-0.4, -0.2) is 30.6 Å². The van der Waals surface area contributed by atoms with E-state index in [0.29, 0.717) is 6.04 Å².